The summed E-state index contributed by atoms with van der Waals surface area (Å²) in [7, 11) is -3.40. The summed E-state index contributed by atoms with van der Waals surface area (Å²) in [6, 6.07) is 7.88. The maximum Gasteiger partial charge on any atom is 0.243 e. The third-order valence-corrected chi connectivity index (χ3v) is 7.45. The van der Waals surface area contributed by atoms with Crippen molar-refractivity contribution >= 4 is 15.9 Å². The monoisotopic (exact) mass is 423 g/mol. The van der Waals surface area contributed by atoms with Crippen LogP contribution in [0.2, 0.25) is 0 Å². The van der Waals surface area contributed by atoms with E-state index in [1.807, 2.05) is 12.1 Å². The Bertz CT molecular complexity index is 731. The molecule has 1 aliphatic rings. The molecule has 0 unspecified atom stereocenters. The number of nitrogens with zero attached hydrogens (tertiary/aromatic N) is 2. The fourth-order valence-electron chi connectivity index (χ4n) is 3.87. The number of hydrogen-bond acceptors (Lipinski definition) is 4. The highest BCUT2D eigenvalue weighted by atomic mass is 32.2. The summed E-state index contributed by atoms with van der Waals surface area (Å²) >= 11 is 0. The van der Waals surface area contributed by atoms with E-state index in [0.29, 0.717) is 49.5 Å². The van der Waals surface area contributed by atoms with Crippen molar-refractivity contribution in [1.82, 2.24) is 14.5 Å². The Morgan fingerprint density at radius 2 is 1.62 bits per heavy atom. The fourth-order valence-corrected chi connectivity index (χ4v) is 5.38. The van der Waals surface area contributed by atoms with Crippen LogP contribution >= 0.6 is 0 Å². The molecule has 0 saturated carbocycles. The summed E-state index contributed by atoms with van der Waals surface area (Å²) in [5.41, 5.74) is 0.976. The van der Waals surface area contributed by atoms with Crippen molar-refractivity contribution in [2.75, 3.05) is 26.2 Å². The van der Waals surface area contributed by atoms with Gasteiger partial charge in [0.05, 0.1) is 4.90 Å². The zero-order valence-electron chi connectivity index (χ0n) is 18.4. The topological polar surface area (TPSA) is 69.7 Å². The van der Waals surface area contributed by atoms with Gasteiger partial charge in [-0.3, -0.25) is 9.69 Å². The molecule has 0 radical (unpaired) electrons. The Kier molecular flexibility index (Phi) is 9.11. The number of sulfonamides is 1. The molecule has 0 spiro atoms. The van der Waals surface area contributed by atoms with Gasteiger partial charge < -0.3 is 5.32 Å². The highest BCUT2D eigenvalue weighted by molar-refractivity contribution is 7.89. The quantitative estimate of drug-likeness (QED) is 0.628. The lowest BCUT2D eigenvalue weighted by atomic mass is 10.1. The first-order valence-corrected chi connectivity index (χ1v) is 12.3. The van der Waals surface area contributed by atoms with Crippen LogP contribution in [-0.2, 0) is 21.2 Å². The number of nitrogens with one attached hydrogen (secondary N) is 1. The number of hydrogen-bond donors (Lipinski definition) is 1. The predicted octanol–water partition coefficient (Wildman–Crippen LogP) is 3.03. The van der Waals surface area contributed by atoms with Gasteiger partial charge >= 0.3 is 0 Å². The van der Waals surface area contributed by atoms with Gasteiger partial charge in [-0.25, -0.2) is 8.42 Å². The maximum absolute atomic E-state index is 12.7. The summed E-state index contributed by atoms with van der Waals surface area (Å²) < 4.78 is 27.0. The second-order valence-corrected chi connectivity index (χ2v) is 10.3. The molecule has 1 amide bonds. The molecule has 1 aliphatic heterocycles. The molecule has 1 heterocycles. The Hall–Kier alpha value is -1.44. The predicted molar refractivity (Wildman–Crippen MR) is 117 cm³/mol. The first-order valence-electron chi connectivity index (χ1n) is 10.8. The normalized spacial score (nSPS) is 16.0. The summed E-state index contributed by atoms with van der Waals surface area (Å²) in [6.07, 6.45) is 3.96. The molecule has 1 saturated heterocycles. The molecule has 7 heteroatoms. The van der Waals surface area contributed by atoms with Crippen LogP contribution < -0.4 is 5.32 Å². The van der Waals surface area contributed by atoms with E-state index in [2.05, 4.69) is 37.9 Å². The Morgan fingerprint density at radius 3 is 2.17 bits per heavy atom. The maximum atomic E-state index is 12.7. The van der Waals surface area contributed by atoms with Crippen molar-refractivity contribution < 1.29 is 13.2 Å². The van der Waals surface area contributed by atoms with Crippen molar-refractivity contribution in [2.24, 2.45) is 0 Å². The number of rotatable bonds is 10. The molecule has 0 bridgehead atoms. The van der Waals surface area contributed by atoms with E-state index in [4.69, 9.17) is 0 Å². The van der Waals surface area contributed by atoms with Crippen LogP contribution in [0.25, 0.3) is 0 Å². The van der Waals surface area contributed by atoms with Crippen LogP contribution in [0, 0.1) is 0 Å². The van der Waals surface area contributed by atoms with Crippen LogP contribution in [0.15, 0.2) is 29.2 Å². The molecule has 1 N–H and O–H groups in total. The van der Waals surface area contributed by atoms with Crippen molar-refractivity contribution in [3.05, 3.63) is 29.8 Å². The molecule has 0 atom stereocenters. The van der Waals surface area contributed by atoms with Gasteiger partial charge in [-0.05, 0) is 64.7 Å². The van der Waals surface area contributed by atoms with Crippen LogP contribution in [0.4, 0.5) is 0 Å². The van der Waals surface area contributed by atoms with Crippen LogP contribution in [0.1, 0.15) is 58.9 Å². The van der Waals surface area contributed by atoms with Gasteiger partial charge in [0.15, 0.2) is 0 Å². The molecule has 0 aromatic heterocycles. The highest BCUT2D eigenvalue weighted by Crippen LogP contribution is 2.21. The minimum atomic E-state index is -3.40. The number of amides is 1. The lowest BCUT2D eigenvalue weighted by molar-refractivity contribution is -0.121. The smallest absolute Gasteiger partial charge is 0.243 e. The van der Waals surface area contributed by atoms with E-state index in [-0.39, 0.29) is 5.91 Å². The number of aryl methyl sites for hydroxylation is 1. The second-order valence-electron chi connectivity index (χ2n) is 8.38. The third-order valence-electron chi connectivity index (χ3n) is 5.54. The lowest BCUT2D eigenvalue weighted by Gasteiger charge is -2.30. The molecule has 2 rings (SSSR count). The Morgan fingerprint density at radius 1 is 1.03 bits per heavy atom. The van der Waals surface area contributed by atoms with E-state index in [9.17, 15) is 13.2 Å². The minimum absolute atomic E-state index is 0.0301. The molecule has 1 fully saturated rings. The average molecular weight is 424 g/mol. The Labute approximate surface area is 176 Å². The largest absolute Gasteiger partial charge is 0.355 e. The fraction of sp³-hybridized carbons (Fsp3) is 0.682. The number of benzene rings is 1. The van der Waals surface area contributed by atoms with Crippen LogP contribution in [-0.4, -0.2) is 61.8 Å². The molecule has 1 aromatic carbocycles. The van der Waals surface area contributed by atoms with E-state index in [1.165, 1.54) is 0 Å². The molecule has 1 aromatic rings. The molecular formula is C22H37N3O3S. The highest BCUT2D eigenvalue weighted by Gasteiger charge is 2.25. The first-order chi connectivity index (χ1) is 13.7. The standard InChI is InChI=1S/C22H37N3O3S/c1-18(2)25(19(3)4)17-14-23-22(26)13-10-20-8-11-21(12-9-20)29(27,28)24-15-6-5-7-16-24/h8-9,11-12,18-19H,5-7,10,13-17H2,1-4H3,(H,23,26). The van der Waals surface area contributed by atoms with Gasteiger partial charge in [0.2, 0.25) is 15.9 Å². The van der Waals surface area contributed by atoms with Crippen molar-refractivity contribution in [3.8, 4) is 0 Å². The Balaban J connectivity index is 1.80. The van der Waals surface area contributed by atoms with Gasteiger partial charge in [0.25, 0.3) is 0 Å². The second kappa shape index (κ2) is 11.1. The summed E-state index contributed by atoms with van der Waals surface area (Å²) in [6.45, 7) is 11.3. The lowest BCUT2D eigenvalue weighted by Crippen LogP contribution is -2.42. The van der Waals surface area contributed by atoms with Crippen LogP contribution in [0.3, 0.4) is 0 Å². The van der Waals surface area contributed by atoms with Crippen molar-refractivity contribution in [3.63, 3.8) is 0 Å². The van der Waals surface area contributed by atoms with Gasteiger partial charge in [0, 0.05) is 44.7 Å². The van der Waals surface area contributed by atoms with Gasteiger partial charge in [-0.15, -0.1) is 0 Å². The van der Waals surface area contributed by atoms with E-state index < -0.39 is 10.0 Å². The van der Waals surface area contributed by atoms with Crippen LogP contribution in [0.5, 0.6) is 0 Å². The van der Waals surface area contributed by atoms with Crippen molar-refractivity contribution in [2.45, 2.75) is 76.8 Å². The SMILES string of the molecule is CC(C)N(CCNC(=O)CCc1ccc(S(=O)(=O)N2CCCCC2)cc1)C(C)C. The third kappa shape index (κ3) is 7.08. The number of carbonyl (C=O) groups is 1. The van der Waals surface area contributed by atoms with Gasteiger partial charge in [-0.2, -0.15) is 4.31 Å². The molecule has 29 heavy (non-hydrogen) atoms. The summed E-state index contributed by atoms with van der Waals surface area (Å²) in [4.78, 5) is 14.8. The molecular weight excluding hydrogens is 386 g/mol. The van der Waals surface area contributed by atoms with Gasteiger partial charge in [-0.1, -0.05) is 18.6 Å². The minimum Gasteiger partial charge on any atom is -0.355 e. The first kappa shape index (κ1) is 23.8. The number of carbonyl (C=O) groups excluding carboxylic acids is 1. The average Bonchev–Trinajstić information content (AvgIpc) is 2.70. The zero-order valence-corrected chi connectivity index (χ0v) is 19.2. The summed E-state index contributed by atoms with van der Waals surface area (Å²) in [5, 5.41) is 2.99. The van der Waals surface area contributed by atoms with Gasteiger partial charge in [0.1, 0.15) is 0 Å². The molecule has 6 nitrogen and oxygen atoms in total. The van der Waals surface area contributed by atoms with E-state index in [0.717, 1.165) is 31.4 Å². The zero-order chi connectivity index (χ0) is 21.4. The molecule has 164 valence electrons. The van der Waals surface area contributed by atoms with E-state index in [1.54, 1.807) is 16.4 Å². The summed E-state index contributed by atoms with van der Waals surface area (Å²) in [5.74, 6) is 0.0301. The molecule has 0 aliphatic carbocycles. The van der Waals surface area contributed by atoms with Crippen molar-refractivity contribution in [1.29, 1.82) is 0 Å². The van der Waals surface area contributed by atoms with E-state index >= 15 is 0 Å². The number of piperidine rings is 1.